The lowest BCUT2D eigenvalue weighted by atomic mass is 10.1. The summed E-state index contributed by atoms with van der Waals surface area (Å²) in [5, 5.41) is 0.653. The summed E-state index contributed by atoms with van der Waals surface area (Å²) in [6.45, 7) is 3.53. The Morgan fingerprint density at radius 2 is 1.84 bits per heavy atom. The van der Waals surface area contributed by atoms with Gasteiger partial charge in [0.15, 0.2) is 0 Å². The van der Waals surface area contributed by atoms with E-state index >= 15 is 0 Å². The highest BCUT2D eigenvalue weighted by atomic mass is 35.5. The summed E-state index contributed by atoms with van der Waals surface area (Å²) in [7, 11) is 0. The number of rotatable bonds is 4. The van der Waals surface area contributed by atoms with Crippen LogP contribution >= 0.6 is 11.6 Å². The molecule has 0 unspecified atom stereocenters. The third-order valence-electron chi connectivity index (χ3n) is 3.01. The topological polar surface area (TPSA) is 29.3 Å². The van der Waals surface area contributed by atoms with Gasteiger partial charge >= 0.3 is 0 Å². The van der Waals surface area contributed by atoms with Crippen LogP contribution in [0.3, 0.4) is 0 Å². The van der Waals surface area contributed by atoms with Gasteiger partial charge in [-0.1, -0.05) is 17.7 Å². The van der Waals surface area contributed by atoms with Crippen molar-refractivity contribution in [3.63, 3.8) is 0 Å². The second-order valence-electron chi connectivity index (χ2n) is 4.34. The van der Waals surface area contributed by atoms with Crippen LogP contribution in [0, 0.1) is 5.82 Å². The first-order valence-corrected chi connectivity index (χ1v) is 6.52. The molecule has 2 N–H and O–H groups in total. The Hall–Kier alpha value is -1.74. The SMILES string of the molecule is CCN(Cc1ccc(N)cc1Cl)c1ccc(F)cc1. The molecule has 0 aliphatic heterocycles. The van der Waals surface area contributed by atoms with Crippen LogP contribution in [-0.4, -0.2) is 6.54 Å². The Bertz CT molecular complexity index is 555. The van der Waals surface area contributed by atoms with Gasteiger partial charge in [0.1, 0.15) is 5.82 Å². The zero-order chi connectivity index (χ0) is 13.8. The molecule has 100 valence electrons. The van der Waals surface area contributed by atoms with Gasteiger partial charge in [0, 0.05) is 29.5 Å². The van der Waals surface area contributed by atoms with Crippen molar-refractivity contribution in [3.05, 3.63) is 58.9 Å². The monoisotopic (exact) mass is 278 g/mol. The Kier molecular flexibility index (Phi) is 4.27. The number of nitrogens with zero attached hydrogens (tertiary/aromatic N) is 1. The number of nitrogens with two attached hydrogens (primary N) is 1. The molecule has 0 heterocycles. The van der Waals surface area contributed by atoms with Crippen LogP contribution in [0.25, 0.3) is 0 Å². The molecule has 0 saturated carbocycles. The summed E-state index contributed by atoms with van der Waals surface area (Å²) < 4.78 is 12.9. The fraction of sp³-hybridized carbons (Fsp3) is 0.200. The highest BCUT2D eigenvalue weighted by Crippen LogP contribution is 2.23. The summed E-state index contributed by atoms with van der Waals surface area (Å²) in [5.74, 6) is -0.231. The fourth-order valence-electron chi connectivity index (χ4n) is 1.93. The zero-order valence-corrected chi connectivity index (χ0v) is 11.5. The van der Waals surface area contributed by atoms with Gasteiger partial charge in [0.25, 0.3) is 0 Å². The average Bonchev–Trinajstić information content (AvgIpc) is 2.39. The molecule has 0 radical (unpaired) electrons. The van der Waals surface area contributed by atoms with E-state index in [0.29, 0.717) is 17.3 Å². The zero-order valence-electron chi connectivity index (χ0n) is 10.7. The van der Waals surface area contributed by atoms with E-state index in [-0.39, 0.29) is 5.82 Å². The van der Waals surface area contributed by atoms with Crippen molar-refractivity contribution in [2.45, 2.75) is 13.5 Å². The third-order valence-corrected chi connectivity index (χ3v) is 3.36. The molecule has 0 saturated heterocycles. The number of nitrogen functional groups attached to an aromatic ring is 1. The molecule has 2 aromatic rings. The Labute approximate surface area is 117 Å². The number of benzene rings is 2. The normalized spacial score (nSPS) is 10.5. The second kappa shape index (κ2) is 5.93. The third kappa shape index (κ3) is 3.38. The highest BCUT2D eigenvalue weighted by Gasteiger charge is 2.08. The van der Waals surface area contributed by atoms with Crippen molar-refractivity contribution in [2.24, 2.45) is 0 Å². The summed E-state index contributed by atoms with van der Waals surface area (Å²) in [6, 6.07) is 12.0. The van der Waals surface area contributed by atoms with Crippen LogP contribution < -0.4 is 10.6 Å². The number of halogens is 2. The van der Waals surface area contributed by atoms with Crippen molar-refractivity contribution in [1.82, 2.24) is 0 Å². The van der Waals surface area contributed by atoms with Gasteiger partial charge in [-0.2, -0.15) is 0 Å². The molecule has 19 heavy (non-hydrogen) atoms. The highest BCUT2D eigenvalue weighted by molar-refractivity contribution is 6.31. The lowest BCUT2D eigenvalue weighted by Gasteiger charge is -2.23. The van der Waals surface area contributed by atoms with Crippen LogP contribution in [0.5, 0.6) is 0 Å². The summed E-state index contributed by atoms with van der Waals surface area (Å²) in [6.07, 6.45) is 0. The molecule has 2 rings (SSSR count). The second-order valence-corrected chi connectivity index (χ2v) is 4.75. The van der Waals surface area contributed by atoms with Crippen LogP contribution in [0.1, 0.15) is 12.5 Å². The number of hydrogen-bond donors (Lipinski definition) is 1. The van der Waals surface area contributed by atoms with Gasteiger partial charge in [-0.15, -0.1) is 0 Å². The molecule has 0 spiro atoms. The minimum atomic E-state index is -0.231. The Morgan fingerprint density at radius 3 is 2.42 bits per heavy atom. The van der Waals surface area contributed by atoms with Gasteiger partial charge in [-0.05, 0) is 48.9 Å². The molecule has 0 aromatic heterocycles. The lowest BCUT2D eigenvalue weighted by molar-refractivity contribution is 0.627. The number of hydrogen-bond acceptors (Lipinski definition) is 2. The van der Waals surface area contributed by atoms with Crippen molar-refractivity contribution in [2.75, 3.05) is 17.2 Å². The molecule has 0 fully saturated rings. The minimum absolute atomic E-state index is 0.231. The van der Waals surface area contributed by atoms with Crippen molar-refractivity contribution in [3.8, 4) is 0 Å². The van der Waals surface area contributed by atoms with E-state index in [0.717, 1.165) is 17.8 Å². The van der Waals surface area contributed by atoms with Gasteiger partial charge in [-0.3, -0.25) is 0 Å². The molecular weight excluding hydrogens is 263 g/mol. The van der Waals surface area contributed by atoms with Crippen molar-refractivity contribution in [1.29, 1.82) is 0 Å². The lowest BCUT2D eigenvalue weighted by Crippen LogP contribution is -2.22. The first kappa shape index (κ1) is 13.7. The van der Waals surface area contributed by atoms with E-state index < -0.39 is 0 Å². The van der Waals surface area contributed by atoms with E-state index in [1.807, 2.05) is 12.1 Å². The minimum Gasteiger partial charge on any atom is -0.399 e. The van der Waals surface area contributed by atoms with Gasteiger partial charge in [-0.25, -0.2) is 4.39 Å². The first-order valence-electron chi connectivity index (χ1n) is 6.14. The summed E-state index contributed by atoms with van der Waals surface area (Å²) in [5.41, 5.74) is 8.30. The molecular formula is C15H16ClFN2. The number of anilines is 2. The molecule has 2 nitrogen and oxygen atoms in total. The maximum atomic E-state index is 12.9. The van der Waals surface area contributed by atoms with Crippen LogP contribution in [0.2, 0.25) is 5.02 Å². The van der Waals surface area contributed by atoms with E-state index in [9.17, 15) is 4.39 Å². The molecule has 0 aliphatic rings. The van der Waals surface area contributed by atoms with Crippen LogP contribution in [0.15, 0.2) is 42.5 Å². The van der Waals surface area contributed by atoms with Crippen molar-refractivity contribution >= 4 is 23.0 Å². The molecule has 0 atom stereocenters. The van der Waals surface area contributed by atoms with Gasteiger partial charge < -0.3 is 10.6 Å². The smallest absolute Gasteiger partial charge is 0.123 e. The van der Waals surface area contributed by atoms with E-state index in [1.54, 1.807) is 18.2 Å². The Balaban J connectivity index is 2.21. The van der Waals surface area contributed by atoms with Crippen LogP contribution in [-0.2, 0) is 6.54 Å². The molecule has 2 aromatic carbocycles. The molecule has 4 heteroatoms. The Morgan fingerprint density at radius 1 is 1.16 bits per heavy atom. The maximum Gasteiger partial charge on any atom is 0.123 e. The summed E-state index contributed by atoms with van der Waals surface area (Å²) >= 11 is 6.18. The molecule has 0 amide bonds. The van der Waals surface area contributed by atoms with Crippen LogP contribution in [0.4, 0.5) is 15.8 Å². The maximum absolute atomic E-state index is 12.9. The van der Waals surface area contributed by atoms with Crippen molar-refractivity contribution < 1.29 is 4.39 Å². The fourth-order valence-corrected chi connectivity index (χ4v) is 2.18. The van der Waals surface area contributed by atoms with E-state index in [4.69, 9.17) is 17.3 Å². The van der Waals surface area contributed by atoms with E-state index in [1.165, 1.54) is 12.1 Å². The predicted octanol–water partition coefficient (Wildman–Crippen LogP) is 4.09. The molecule has 0 bridgehead atoms. The average molecular weight is 279 g/mol. The van der Waals surface area contributed by atoms with Gasteiger partial charge in [0.2, 0.25) is 0 Å². The first-order chi connectivity index (χ1) is 9.10. The van der Waals surface area contributed by atoms with Gasteiger partial charge in [0.05, 0.1) is 0 Å². The quantitative estimate of drug-likeness (QED) is 0.854. The largest absolute Gasteiger partial charge is 0.399 e. The standard InChI is InChI=1S/C15H16ClFN2/c1-2-19(14-7-4-12(17)5-8-14)10-11-3-6-13(18)9-15(11)16/h3-9H,2,10,18H2,1H3. The van der Waals surface area contributed by atoms with E-state index in [2.05, 4.69) is 11.8 Å². The molecule has 0 aliphatic carbocycles. The predicted molar refractivity (Wildman–Crippen MR) is 79.0 cm³/mol. The summed E-state index contributed by atoms with van der Waals surface area (Å²) in [4.78, 5) is 2.12.